The van der Waals surface area contributed by atoms with Crippen molar-refractivity contribution in [3.05, 3.63) is 0 Å². The highest BCUT2D eigenvalue weighted by Gasteiger charge is 2.29. The number of hydrogen-bond acceptors (Lipinski definition) is 2. The van der Waals surface area contributed by atoms with E-state index in [1.807, 2.05) is 0 Å². The van der Waals surface area contributed by atoms with E-state index in [0.717, 1.165) is 25.6 Å². The molecule has 12 heavy (non-hydrogen) atoms. The molecule has 0 aromatic rings. The molecule has 1 saturated heterocycles. The molecule has 1 aliphatic carbocycles. The SMILES string of the molecule is OC1CCCC1CC1CCOC1. The Kier molecular flexibility index (Phi) is 2.66. The summed E-state index contributed by atoms with van der Waals surface area (Å²) < 4.78 is 5.32. The number of ether oxygens (including phenoxy) is 1. The molecule has 1 saturated carbocycles. The molecule has 2 nitrogen and oxygen atoms in total. The molecule has 2 heteroatoms. The Hall–Kier alpha value is -0.0800. The van der Waals surface area contributed by atoms with E-state index in [0.29, 0.717) is 5.92 Å². The van der Waals surface area contributed by atoms with Gasteiger partial charge < -0.3 is 9.84 Å². The number of rotatable bonds is 2. The third-order valence-electron chi connectivity index (χ3n) is 3.28. The summed E-state index contributed by atoms with van der Waals surface area (Å²) in [5.41, 5.74) is 0. The van der Waals surface area contributed by atoms with Crippen LogP contribution in [0.25, 0.3) is 0 Å². The first-order valence-electron chi connectivity index (χ1n) is 5.12. The lowest BCUT2D eigenvalue weighted by atomic mass is 9.91. The molecular formula is C10H18O2. The van der Waals surface area contributed by atoms with E-state index in [1.165, 1.54) is 25.7 Å². The van der Waals surface area contributed by atoms with Gasteiger partial charge in [-0.3, -0.25) is 0 Å². The topological polar surface area (TPSA) is 29.5 Å². The zero-order valence-corrected chi connectivity index (χ0v) is 7.54. The minimum atomic E-state index is -0.00870. The number of hydrogen-bond donors (Lipinski definition) is 1. The van der Waals surface area contributed by atoms with Crippen molar-refractivity contribution in [2.75, 3.05) is 13.2 Å². The second kappa shape index (κ2) is 3.75. The van der Waals surface area contributed by atoms with Crippen molar-refractivity contribution < 1.29 is 9.84 Å². The molecule has 0 bridgehead atoms. The van der Waals surface area contributed by atoms with Gasteiger partial charge in [-0.15, -0.1) is 0 Å². The summed E-state index contributed by atoms with van der Waals surface area (Å²) in [5, 5.41) is 9.61. The van der Waals surface area contributed by atoms with E-state index in [2.05, 4.69) is 0 Å². The molecule has 0 amide bonds. The molecule has 0 radical (unpaired) electrons. The van der Waals surface area contributed by atoms with E-state index in [-0.39, 0.29) is 6.10 Å². The Morgan fingerprint density at radius 3 is 2.75 bits per heavy atom. The molecule has 1 heterocycles. The molecular weight excluding hydrogens is 152 g/mol. The van der Waals surface area contributed by atoms with Crippen molar-refractivity contribution in [2.45, 2.75) is 38.2 Å². The van der Waals surface area contributed by atoms with Gasteiger partial charge in [-0.25, -0.2) is 0 Å². The molecule has 2 aliphatic rings. The van der Waals surface area contributed by atoms with Crippen LogP contribution in [0.1, 0.15) is 32.1 Å². The van der Waals surface area contributed by atoms with Gasteiger partial charge in [0.1, 0.15) is 0 Å². The Labute approximate surface area is 73.9 Å². The van der Waals surface area contributed by atoms with Crippen molar-refractivity contribution in [2.24, 2.45) is 11.8 Å². The smallest absolute Gasteiger partial charge is 0.0568 e. The lowest BCUT2D eigenvalue weighted by Gasteiger charge is -2.17. The summed E-state index contributed by atoms with van der Waals surface area (Å²) in [7, 11) is 0. The average molecular weight is 170 g/mol. The van der Waals surface area contributed by atoms with Crippen LogP contribution in [0.4, 0.5) is 0 Å². The monoisotopic (exact) mass is 170 g/mol. The van der Waals surface area contributed by atoms with E-state index >= 15 is 0 Å². The first kappa shape index (κ1) is 8.52. The largest absolute Gasteiger partial charge is 0.393 e. The summed E-state index contributed by atoms with van der Waals surface area (Å²) in [6, 6.07) is 0. The predicted octanol–water partition coefficient (Wildman–Crippen LogP) is 1.57. The predicted molar refractivity (Wildman–Crippen MR) is 46.9 cm³/mol. The Balaban J connectivity index is 1.77. The molecule has 3 atom stereocenters. The van der Waals surface area contributed by atoms with Crippen LogP contribution < -0.4 is 0 Å². The van der Waals surface area contributed by atoms with Crippen LogP contribution in [-0.2, 0) is 4.74 Å². The molecule has 0 aromatic carbocycles. The van der Waals surface area contributed by atoms with E-state index < -0.39 is 0 Å². The fourth-order valence-electron chi connectivity index (χ4n) is 2.49. The van der Waals surface area contributed by atoms with Crippen molar-refractivity contribution in [3.8, 4) is 0 Å². The molecule has 0 spiro atoms. The maximum absolute atomic E-state index is 9.61. The van der Waals surface area contributed by atoms with Crippen molar-refractivity contribution in [1.29, 1.82) is 0 Å². The highest BCUT2D eigenvalue weighted by Crippen LogP contribution is 2.33. The third-order valence-corrected chi connectivity index (χ3v) is 3.28. The number of aliphatic hydroxyl groups is 1. The second-order valence-corrected chi connectivity index (χ2v) is 4.22. The first-order valence-corrected chi connectivity index (χ1v) is 5.12. The lowest BCUT2D eigenvalue weighted by molar-refractivity contribution is 0.112. The molecule has 2 fully saturated rings. The van der Waals surface area contributed by atoms with E-state index in [1.54, 1.807) is 0 Å². The minimum Gasteiger partial charge on any atom is -0.393 e. The van der Waals surface area contributed by atoms with Gasteiger partial charge in [-0.1, -0.05) is 6.42 Å². The number of aliphatic hydroxyl groups excluding tert-OH is 1. The quantitative estimate of drug-likeness (QED) is 0.681. The zero-order valence-electron chi connectivity index (χ0n) is 7.54. The van der Waals surface area contributed by atoms with Crippen LogP contribution in [-0.4, -0.2) is 24.4 Å². The van der Waals surface area contributed by atoms with Crippen LogP contribution in [0, 0.1) is 11.8 Å². The van der Waals surface area contributed by atoms with Crippen molar-refractivity contribution >= 4 is 0 Å². The summed E-state index contributed by atoms with van der Waals surface area (Å²) in [5.74, 6) is 1.32. The fraction of sp³-hybridized carbons (Fsp3) is 1.00. The van der Waals surface area contributed by atoms with Gasteiger partial charge in [-0.05, 0) is 37.5 Å². The molecule has 1 N–H and O–H groups in total. The summed E-state index contributed by atoms with van der Waals surface area (Å²) in [6.07, 6.45) is 5.88. The van der Waals surface area contributed by atoms with Gasteiger partial charge in [0, 0.05) is 13.2 Å². The van der Waals surface area contributed by atoms with Gasteiger partial charge in [-0.2, -0.15) is 0 Å². The highest BCUT2D eigenvalue weighted by molar-refractivity contribution is 4.80. The van der Waals surface area contributed by atoms with Gasteiger partial charge >= 0.3 is 0 Å². The maximum Gasteiger partial charge on any atom is 0.0568 e. The van der Waals surface area contributed by atoms with Gasteiger partial charge in [0.25, 0.3) is 0 Å². The van der Waals surface area contributed by atoms with Gasteiger partial charge in [0.05, 0.1) is 6.10 Å². The highest BCUT2D eigenvalue weighted by atomic mass is 16.5. The first-order chi connectivity index (χ1) is 5.86. The Morgan fingerprint density at radius 2 is 2.17 bits per heavy atom. The third kappa shape index (κ3) is 1.80. The van der Waals surface area contributed by atoms with Crippen LogP contribution in [0.2, 0.25) is 0 Å². The van der Waals surface area contributed by atoms with Crippen LogP contribution in [0.15, 0.2) is 0 Å². The van der Waals surface area contributed by atoms with Crippen molar-refractivity contribution in [1.82, 2.24) is 0 Å². The molecule has 2 rings (SSSR count). The maximum atomic E-state index is 9.61. The Bertz CT molecular complexity index is 141. The van der Waals surface area contributed by atoms with Crippen LogP contribution in [0.3, 0.4) is 0 Å². The summed E-state index contributed by atoms with van der Waals surface area (Å²) >= 11 is 0. The molecule has 3 unspecified atom stereocenters. The van der Waals surface area contributed by atoms with Gasteiger partial charge in [0.2, 0.25) is 0 Å². The normalized spacial score (nSPS) is 42.2. The van der Waals surface area contributed by atoms with Gasteiger partial charge in [0.15, 0.2) is 0 Å². The average Bonchev–Trinajstić information content (AvgIpc) is 2.65. The molecule has 1 aliphatic heterocycles. The minimum absolute atomic E-state index is 0.00870. The van der Waals surface area contributed by atoms with Crippen LogP contribution >= 0.6 is 0 Å². The fourth-order valence-corrected chi connectivity index (χ4v) is 2.49. The molecule has 0 aromatic heterocycles. The second-order valence-electron chi connectivity index (χ2n) is 4.22. The summed E-state index contributed by atoms with van der Waals surface area (Å²) in [6.45, 7) is 1.87. The Morgan fingerprint density at radius 1 is 1.25 bits per heavy atom. The molecule has 70 valence electrons. The van der Waals surface area contributed by atoms with E-state index in [9.17, 15) is 5.11 Å². The van der Waals surface area contributed by atoms with Crippen LogP contribution in [0.5, 0.6) is 0 Å². The summed E-state index contributed by atoms with van der Waals surface area (Å²) in [4.78, 5) is 0. The standard InChI is InChI=1S/C10H18O2/c11-10-3-1-2-9(10)6-8-4-5-12-7-8/h8-11H,1-7H2. The van der Waals surface area contributed by atoms with Crippen molar-refractivity contribution in [3.63, 3.8) is 0 Å². The lowest BCUT2D eigenvalue weighted by Crippen LogP contribution is -2.17. The van der Waals surface area contributed by atoms with E-state index in [4.69, 9.17) is 4.74 Å². The zero-order chi connectivity index (χ0) is 8.39.